The van der Waals surface area contributed by atoms with Gasteiger partial charge in [-0.05, 0) is 38.5 Å². The van der Waals surface area contributed by atoms with Crippen LogP contribution in [0.25, 0.3) is 0 Å². The third-order valence-electron chi connectivity index (χ3n) is 4.29. The van der Waals surface area contributed by atoms with Gasteiger partial charge >= 0.3 is 5.97 Å². The van der Waals surface area contributed by atoms with E-state index in [1.807, 2.05) is 0 Å². The number of aliphatic hydroxyl groups is 3. The summed E-state index contributed by atoms with van der Waals surface area (Å²) >= 11 is 0. The Balaban J connectivity index is 0. The normalized spacial score (nSPS) is 11.6. The third kappa shape index (κ3) is 28.7. The van der Waals surface area contributed by atoms with Gasteiger partial charge in [-0.2, -0.15) is 0 Å². The van der Waals surface area contributed by atoms with Crippen molar-refractivity contribution in [2.45, 2.75) is 71.1 Å². The molecule has 4 N–H and O–H groups in total. The Labute approximate surface area is 183 Å². The quantitative estimate of drug-likeness (QED) is 0.184. The number of unbranched alkanes of at least 4 members (excludes halogenated alkanes) is 5. The number of hydrogen-bond acceptors (Lipinski definition) is 5. The van der Waals surface area contributed by atoms with E-state index in [9.17, 15) is 4.79 Å². The van der Waals surface area contributed by atoms with Gasteiger partial charge in [-0.25, -0.2) is 0 Å². The zero-order valence-corrected chi connectivity index (χ0v) is 18.9. The van der Waals surface area contributed by atoms with E-state index in [0.717, 1.165) is 44.9 Å². The summed E-state index contributed by atoms with van der Waals surface area (Å²) in [5, 5.41) is 34.0. The molecular weight excluding hydrogens is 382 g/mol. The number of carboxylic acid groups (broad SMARTS) is 1. The van der Waals surface area contributed by atoms with Gasteiger partial charge in [0.25, 0.3) is 0 Å². The second-order valence-electron chi connectivity index (χ2n) is 7.01. The van der Waals surface area contributed by atoms with E-state index in [1.54, 1.807) is 4.90 Å². The molecule has 0 aliphatic rings. The predicted octanol–water partition coefficient (Wildman–Crippen LogP) is 3.93. The van der Waals surface area contributed by atoms with Gasteiger partial charge in [0.15, 0.2) is 0 Å². The van der Waals surface area contributed by atoms with Crippen LogP contribution in [0.5, 0.6) is 0 Å². The van der Waals surface area contributed by atoms with Crippen molar-refractivity contribution < 1.29 is 25.2 Å². The molecule has 0 rings (SSSR count). The van der Waals surface area contributed by atoms with E-state index >= 15 is 0 Å². The van der Waals surface area contributed by atoms with Crippen LogP contribution in [0.2, 0.25) is 0 Å². The Morgan fingerprint density at radius 2 is 1.17 bits per heavy atom. The van der Waals surface area contributed by atoms with Crippen LogP contribution in [0, 0.1) is 0 Å². The third-order valence-corrected chi connectivity index (χ3v) is 4.29. The van der Waals surface area contributed by atoms with E-state index in [2.05, 4.69) is 43.4 Å². The molecule has 0 unspecified atom stereocenters. The first-order valence-corrected chi connectivity index (χ1v) is 11.3. The Kier molecular flexibility index (Phi) is 28.2. The van der Waals surface area contributed by atoms with Gasteiger partial charge in [0.05, 0.1) is 19.8 Å². The van der Waals surface area contributed by atoms with Crippen molar-refractivity contribution in [2.24, 2.45) is 0 Å². The van der Waals surface area contributed by atoms with Crippen molar-refractivity contribution in [3.05, 3.63) is 36.5 Å². The maximum absolute atomic E-state index is 10.3. The summed E-state index contributed by atoms with van der Waals surface area (Å²) < 4.78 is 0. The van der Waals surface area contributed by atoms with Gasteiger partial charge < -0.3 is 20.4 Å². The van der Waals surface area contributed by atoms with Gasteiger partial charge in [0.2, 0.25) is 0 Å². The first-order valence-electron chi connectivity index (χ1n) is 11.3. The minimum Gasteiger partial charge on any atom is -0.481 e. The average molecular weight is 428 g/mol. The molecule has 0 aromatic heterocycles. The standard InChI is InChI=1S/C18H30O2.C6H15NO3/c1-2-3-4-5-6-7-8-9-10-11-12-13-14-15-16-17-18(19)20;8-4-1-7(2-5-9)3-6-10/h3-4,6-7,9-10H,2,5,8,11-17H2,1H3,(H,19,20);8-10H,1-6H2/b4-3-,7-6-,10-9-;. The van der Waals surface area contributed by atoms with E-state index in [0.29, 0.717) is 26.1 Å². The molecule has 0 amide bonds. The molecule has 0 aromatic carbocycles. The van der Waals surface area contributed by atoms with Crippen LogP contribution in [0.4, 0.5) is 0 Å². The smallest absolute Gasteiger partial charge is 0.303 e. The fourth-order valence-electron chi connectivity index (χ4n) is 2.65. The molecule has 0 aliphatic heterocycles. The van der Waals surface area contributed by atoms with Crippen LogP contribution < -0.4 is 0 Å². The van der Waals surface area contributed by atoms with Crippen LogP contribution >= 0.6 is 0 Å². The molecule has 0 heterocycles. The maximum atomic E-state index is 10.3. The van der Waals surface area contributed by atoms with Gasteiger partial charge in [-0.3, -0.25) is 9.69 Å². The van der Waals surface area contributed by atoms with E-state index in [-0.39, 0.29) is 19.8 Å². The van der Waals surface area contributed by atoms with Gasteiger partial charge in [-0.1, -0.05) is 62.6 Å². The van der Waals surface area contributed by atoms with Crippen LogP contribution in [0.15, 0.2) is 36.5 Å². The predicted molar refractivity (Wildman–Crippen MR) is 125 cm³/mol. The van der Waals surface area contributed by atoms with Crippen LogP contribution in [-0.4, -0.2) is 70.8 Å². The molecule has 6 heteroatoms. The zero-order chi connectivity index (χ0) is 22.7. The lowest BCUT2D eigenvalue weighted by atomic mass is 10.1. The number of hydrogen-bond donors (Lipinski definition) is 4. The summed E-state index contributed by atoms with van der Waals surface area (Å²) in [6.45, 7) is 3.90. The minimum atomic E-state index is -0.675. The second kappa shape index (κ2) is 27.5. The second-order valence-corrected chi connectivity index (χ2v) is 7.01. The number of carbonyl (C=O) groups is 1. The number of nitrogens with zero attached hydrogens (tertiary/aromatic N) is 1. The minimum absolute atomic E-state index is 0.0694. The molecule has 0 aromatic rings. The highest BCUT2D eigenvalue weighted by atomic mass is 16.4. The van der Waals surface area contributed by atoms with Crippen molar-refractivity contribution in [2.75, 3.05) is 39.5 Å². The summed E-state index contributed by atoms with van der Waals surface area (Å²) in [4.78, 5) is 12.1. The highest BCUT2D eigenvalue weighted by Gasteiger charge is 2.00. The monoisotopic (exact) mass is 427 g/mol. The molecule has 6 nitrogen and oxygen atoms in total. The molecule has 0 fully saturated rings. The highest BCUT2D eigenvalue weighted by molar-refractivity contribution is 5.66. The van der Waals surface area contributed by atoms with E-state index in [1.165, 1.54) is 12.8 Å². The van der Waals surface area contributed by atoms with Crippen molar-refractivity contribution in [3.8, 4) is 0 Å². The van der Waals surface area contributed by atoms with Crippen molar-refractivity contribution >= 4 is 5.97 Å². The molecule has 176 valence electrons. The van der Waals surface area contributed by atoms with Crippen LogP contribution in [0.3, 0.4) is 0 Å². The zero-order valence-electron chi connectivity index (χ0n) is 18.9. The van der Waals surface area contributed by atoms with Crippen LogP contribution in [-0.2, 0) is 4.79 Å². The summed E-state index contributed by atoms with van der Waals surface area (Å²) in [6, 6.07) is 0. The Hall–Kier alpha value is -1.47. The molecule has 0 bridgehead atoms. The summed E-state index contributed by atoms with van der Waals surface area (Å²) in [7, 11) is 0. The van der Waals surface area contributed by atoms with E-state index < -0.39 is 5.97 Å². The number of carboxylic acids is 1. The molecule has 30 heavy (non-hydrogen) atoms. The Morgan fingerprint density at radius 1 is 0.700 bits per heavy atom. The van der Waals surface area contributed by atoms with Crippen molar-refractivity contribution in [1.82, 2.24) is 4.90 Å². The number of aliphatic hydroxyl groups excluding tert-OH is 3. The van der Waals surface area contributed by atoms with Crippen LogP contribution in [0.1, 0.15) is 71.1 Å². The first kappa shape index (κ1) is 30.7. The molecule has 0 atom stereocenters. The molecule has 0 saturated carbocycles. The molecule has 0 aliphatic carbocycles. The first-order chi connectivity index (χ1) is 14.6. The molecule has 0 radical (unpaired) electrons. The topological polar surface area (TPSA) is 101 Å². The molecule has 0 saturated heterocycles. The van der Waals surface area contributed by atoms with E-state index in [4.69, 9.17) is 20.4 Å². The van der Waals surface area contributed by atoms with Gasteiger partial charge in [-0.15, -0.1) is 0 Å². The fraction of sp³-hybridized carbons (Fsp3) is 0.708. The average Bonchev–Trinajstić information content (AvgIpc) is 2.72. The summed E-state index contributed by atoms with van der Waals surface area (Å²) in [5.74, 6) is -0.675. The summed E-state index contributed by atoms with van der Waals surface area (Å²) in [6.07, 6.45) is 23.4. The van der Waals surface area contributed by atoms with Crippen molar-refractivity contribution in [3.63, 3.8) is 0 Å². The lowest BCUT2D eigenvalue weighted by Crippen LogP contribution is -2.32. The summed E-state index contributed by atoms with van der Waals surface area (Å²) in [5.41, 5.74) is 0. The largest absolute Gasteiger partial charge is 0.481 e. The number of rotatable bonds is 19. The Bertz CT molecular complexity index is 421. The highest BCUT2D eigenvalue weighted by Crippen LogP contribution is 2.07. The lowest BCUT2D eigenvalue weighted by Gasteiger charge is -2.17. The molecule has 0 spiro atoms. The molecular formula is C24H45NO5. The van der Waals surface area contributed by atoms with Crippen molar-refractivity contribution in [1.29, 1.82) is 0 Å². The number of allylic oxidation sites excluding steroid dienone is 6. The van der Waals surface area contributed by atoms with Gasteiger partial charge in [0, 0.05) is 26.1 Å². The lowest BCUT2D eigenvalue weighted by molar-refractivity contribution is -0.137. The van der Waals surface area contributed by atoms with Gasteiger partial charge in [0.1, 0.15) is 0 Å². The Morgan fingerprint density at radius 3 is 1.67 bits per heavy atom. The maximum Gasteiger partial charge on any atom is 0.303 e. The fourth-order valence-corrected chi connectivity index (χ4v) is 2.65. The SMILES string of the molecule is CC/C=C\C/C=C\C/C=C\CCCCCCCC(=O)O.OCCN(CCO)CCO. The number of aliphatic carboxylic acids is 1.